The van der Waals surface area contributed by atoms with E-state index in [-0.39, 0.29) is 0 Å². The first-order chi connectivity index (χ1) is 8.65. The van der Waals surface area contributed by atoms with Crippen molar-refractivity contribution in [1.29, 1.82) is 0 Å². The number of anilines is 1. The van der Waals surface area contributed by atoms with Gasteiger partial charge < -0.3 is 10.0 Å². The zero-order chi connectivity index (χ0) is 12.7. The normalized spacial score (nSPS) is 18.7. The highest BCUT2D eigenvalue weighted by molar-refractivity contribution is 9.10. The number of aromatic carboxylic acids is 1. The summed E-state index contributed by atoms with van der Waals surface area (Å²) in [5.74, 6) is -0.0661. The summed E-state index contributed by atoms with van der Waals surface area (Å²) < 4.78 is 0.825. The van der Waals surface area contributed by atoms with Crippen LogP contribution >= 0.6 is 15.9 Å². The first-order valence-corrected chi connectivity index (χ1v) is 7.24. The molecule has 0 heterocycles. The molecule has 2 aliphatic carbocycles. The summed E-state index contributed by atoms with van der Waals surface area (Å²) in [6, 6.07) is 6.14. The van der Waals surface area contributed by atoms with E-state index >= 15 is 0 Å². The average Bonchev–Trinajstić information content (AvgIpc) is 3.19. The SMILES string of the molecule is O=C(O)c1cc(Br)ccc1N(CC1CC1)C1CC1. The van der Waals surface area contributed by atoms with Crippen molar-refractivity contribution in [3.8, 4) is 0 Å². The Bertz CT molecular complexity index is 481. The molecule has 2 saturated carbocycles. The van der Waals surface area contributed by atoms with Crippen LogP contribution in [-0.2, 0) is 0 Å². The number of benzene rings is 1. The van der Waals surface area contributed by atoms with Crippen molar-refractivity contribution in [3.63, 3.8) is 0 Å². The van der Waals surface area contributed by atoms with Crippen LogP contribution in [0.3, 0.4) is 0 Å². The van der Waals surface area contributed by atoms with E-state index < -0.39 is 5.97 Å². The van der Waals surface area contributed by atoms with Gasteiger partial charge in [0.15, 0.2) is 0 Å². The maximum atomic E-state index is 11.4. The smallest absolute Gasteiger partial charge is 0.337 e. The number of carboxylic acids is 1. The minimum Gasteiger partial charge on any atom is -0.478 e. The number of halogens is 1. The third-order valence-electron chi connectivity index (χ3n) is 3.64. The lowest BCUT2D eigenvalue weighted by molar-refractivity contribution is 0.0697. The summed E-state index contributed by atoms with van der Waals surface area (Å²) in [7, 11) is 0. The minimum atomic E-state index is -0.840. The number of carboxylic acid groups (broad SMARTS) is 1. The van der Waals surface area contributed by atoms with E-state index in [1.54, 1.807) is 6.07 Å². The van der Waals surface area contributed by atoms with Crippen LogP contribution in [-0.4, -0.2) is 23.7 Å². The highest BCUT2D eigenvalue weighted by Gasteiger charge is 2.35. The Morgan fingerprint density at radius 2 is 2.06 bits per heavy atom. The van der Waals surface area contributed by atoms with Crippen LogP contribution < -0.4 is 4.90 Å². The van der Waals surface area contributed by atoms with Crippen molar-refractivity contribution in [2.75, 3.05) is 11.4 Å². The molecule has 96 valence electrons. The predicted octanol–water partition coefficient (Wildman–Crippen LogP) is 3.53. The van der Waals surface area contributed by atoms with Crippen molar-refractivity contribution in [2.24, 2.45) is 5.92 Å². The molecule has 18 heavy (non-hydrogen) atoms. The van der Waals surface area contributed by atoms with Gasteiger partial charge in [-0.15, -0.1) is 0 Å². The van der Waals surface area contributed by atoms with E-state index in [2.05, 4.69) is 20.8 Å². The van der Waals surface area contributed by atoms with Gasteiger partial charge in [-0.3, -0.25) is 0 Å². The highest BCUT2D eigenvalue weighted by Crippen LogP contribution is 2.39. The maximum Gasteiger partial charge on any atom is 0.337 e. The minimum absolute atomic E-state index is 0.414. The molecule has 0 aromatic heterocycles. The van der Waals surface area contributed by atoms with Gasteiger partial charge in [0.2, 0.25) is 0 Å². The molecule has 0 radical (unpaired) electrons. The van der Waals surface area contributed by atoms with Gasteiger partial charge in [0.05, 0.1) is 11.3 Å². The molecule has 2 fully saturated rings. The van der Waals surface area contributed by atoms with Crippen molar-refractivity contribution >= 4 is 27.6 Å². The highest BCUT2D eigenvalue weighted by atomic mass is 79.9. The molecule has 0 bridgehead atoms. The summed E-state index contributed by atoms with van der Waals surface area (Å²) in [4.78, 5) is 13.7. The van der Waals surface area contributed by atoms with Gasteiger partial charge in [0, 0.05) is 17.1 Å². The summed E-state index contributed by atoms with van der Waals surface area (Å²) in [6.07, 6.45) is 4.98. The molecule has 3 rings (SSSR count). The molecular weight excluding hydrogens is 294 g/mol. The Labute approximate surface area is 115 Å². The van der Waals surface area contributed by atoms with Gasteiger partial charge in [0.25, 0.3) is 0 Å². The maximum absolute atomic E-state index is 11.4. The van der Waals surface area contributed by atoms with Crippen molar-refractivity contribution in [3.05, 3.63) is 28.2 Å². The molecule has 0 atom stereocenters. The largest absolute Gasteiger partial charge is 0.478 e. The van der Waals surface area contributed by atoms with Crippen LogP contribution in [0, 0.1) is 5.92 Å². The molecule has 4 heteroatoms. The van der Waals surface area contributed by atoms with E-state index in [1.807, 2.05) is 12.1 Å². The summed E-state index contributed by atoms with van der Waals surface area (Å²) in [6.45, 7) is 1.02. The summed E-state index contributed by atoms with van der Waals surface area (Å²) in [5.41, 5.74) is 1.30. The average molecular weight is 310 g/mol. The molecule has 2 aliphatic rings. The van der Waals surface area contributed by atoms with Gasteiger partial charge in [-0.25, -0.2) is 4.79 Å². The van der Waals surface area contributed by atoms with Crippen LogP contribution in [0.25, 0.3) is 0 Å². The third kappa shape index (κ3) is 2.53. The second-order valence-electron chi connectivity index (χ2n) is 5.29. The van der Waals surface area contributed by atoms with Crippen LogP contribution in [0.4, 0.5) is 5.69 Å². The zero-order valence-corrected chi connectivity index (χ0v) is 11.7. The van der Waals surface area contributed by atoms with Crippen molar-refractivity contribution in [1.82, 2.24) is 0 Å². The van der Waals surface area contributed by atoms with E-state index in [0.29, 0.717) is 11.6 Å². The third-order valence-corrected chi connectivity index (χ3v) is 4.13. The lowest BCUT2D eigenvalue weighted by Crippen LogP contribution is -2.29. The first-order valence-electron chi connectivity index (χ1n) is 6.44. The molecule has 1 N–H and O–H groups in total. The standard InChI is InChI=1S/C14H16BrNO2/c15-10-3-6-13(12(7-10)14(17)18)16(11-4-5-11)8-9-1-2-9/h3,6-7,9,11H,1-2,4-5,8H2,(H,17,18). The molecule has 0 unspecified atom stereocenters. The fourth-order valence-corrected chi connectivity index (χ4v) is 2.70. The zero-order valence-electron chi connectivity index (χ0n) is 10.1. The number of carbonyl (C=O) groups is 1. The molecule has 3 nitrogen and oxygen atoms in total. The summed E-state index contributed by atoms with van der Waals surface area (Å²) >= 11 is 3.35. The summed E-state index contributed by atoms with van der Waals surface area (Å²) in [5, 5.41) is 9.34. The Morgan fingerprint density at radius 1 is 1.33 bits per heavy atom. The fraction of sp³-hybridized carbons (Fsp3) is 0.500. The topological polar surface area (TPSA) is 40.5 Å². The fourth-order valence-electron chi connectivity index (χ4n) is 2.34. The van der Waals surface area contributed by atoms with Gasteiger partial charge in [-0.05, 0) is 49.8 Å². The molecule has 0 spiro atoms. The second-order valence-corrected chi connectivity index (χ2v) is 6.21. The van der Waals surface area contributed by atoms with Gasteiger partial charge >= 0.3 is 5.97 Å². The molecule has 1 aromatic carbocycles. The monoisotopic (exact) mass is 309 g/mol. The Balaban J connectivity index is 1.93. The number of nitrogens with zero attached hydrogens (tertiary/aromatic N) is 1. The molecular formula is C14H16BrNO2. The first kappa shape index (κ1) is 12.0. The second kappa shape index (κ2) is 4.57. The number of rotatable bonds is 5. The molecule has 1 aromatic rings. The number of hydrogen-bond donors (Lipinski definition) is 1. The van der Waals surface area contributed by atoms with E-state index in [0.717, 1.165) is 22.6 Å². The van der Waals surface area contributed by atoms with E-state index in [9.17, 15) is 9.90 Å². The van der Waals surface area contributed by atoms with Crippen LogP contribution in [0.5, 0.6) is 0 Å². The van der Waals surface area contributed by atoms with Crippen LogP contribution in [0.2, 0.25) is 0 Å². The Kier molecular flexibility index (Phi) is 3.06. The van der Waals surface area contributed by atoms with Gasteiger partial charge in [-0.2, -0.15) is 0 Å². The van der Waals surface area contributed by atoms with E-state index in [1.165, 1.54) is 25.7 Å². The molecule has 0 saturated heterocycles. The molecule has 0 amide bonds. The van der Waals surface area contributed by atoms with E-state index in [4.69, 9.17) is 0 Å². The predicted molar refractivity (Wildman–Crippen MR) is 74.2 cm³/mol. The van der Waals surface area contributed by atoms with Crippen molar-refractivity contribution < 1.29 is 9.90 Å². The lowest BCUT2D eigenvalue weighted by Gasteiger charge is -2.26. The Hall–Kier alpha value is -1.03. The van der Waals surface area contributed by atoms with Gasteiger partial charge in [-0.1, -0.05) is 15.9 Å². The lowest BCUT2D eigenvalue weighted by atomic mass is 10.1. The Morgan fingerprint density at radius 3 is 2.61 bits per heavy atom. The molecule has 0 aliphatic heterocycles. The van der Waals surface area contributed by atoms with Crippen LogP contribution in [0.1, 0.15) is 36.0 Å². The van der Waals surface area contributed by atoms with Gasteiger partial charge in [0.1, 0.15) is 0 Å². The number of hydrogen-bond acceptors (Lipinski definition) is 2. The van der Waals surface area contributed by atoms with Crippen LogP contribution in [0.15, 0.2) is 22.7 Å². The quantitative estimate of drug-likeness (QED) is 0.904. The van der Waals surface area contributed by atoms with Crippen molar-refractivity contribution in [2.45, 2.75) is 31.7 Å².